The van der Waals surface area contributed by atoms with E-state index in [1.54, 1.807) is 18.0 Å². The Balaban J connectivity index is 1.23. The molecule has 186 valence electrons. The number of aromatic nitrogens is 4. The van der Waals surface area contributed by atoms with Crippen LogP contribution in [0.3, 0.4) is 0 Å². The van der Waals surface area contributed by atoms with E-state index < -0.39 is 0 Å². The monoisotopic (exact) mass is 486 g/mol. The molecule has 0 radical (unpaired) electrons. The first-order valence-electron chi connectivity index (χ1n) is 12.8. The van der Waals surface area contributed by atoms with Crippen molar-refractivity contribution in [1.82, 2.24) is 30.0 Å². The normalized spacial score (nSPS) is 16.6. The SMILES string of the molecule is COc1ccc2c(c1)CCc1cnc(-n3ncc(C(=O)NCCCN4CCCC4=O)c3C3CC3)nc1-2. The third kappa shape index (κ3) is 4.23. The molecular formula is C27H30N6O3. The Hall–Kier alpha value is -3.75. The molecule has 1 N–H and O–H groups in total. The summed E-state index contributed by atoms with van der Waals surface area (Å²) in [6, 6.07) is 6.09. The molecule has 2 fully saturated rings. The highest BCUT2D eigenvalue weighted by Crippen LogP contribution is 2.42. The van der Waals surface area contributed by atoms with Crippen molar-refractivity contribution in [2.45, 2.75) is 50.9 Å². The summed E-state index contributed by atoms with van der Waals surface area (Å²) in [4.78, 5) is 36.3. The van der Waals surface area contributed by atoms with E-state index in [-0.39, 0.29) is 17.7 Å². The number of rotatable bonds is 8. The number of nitrogens with one attached hydrogen (secondary N) is 1. The van der Waals surface area contributed by atoms with Crippen molar-refractivity contribution in [3.05, 3.63) is 53.0 Å². The summed E-state index contributed by atoms with van der Waals surface area (Å²) in [5.74, 6) is 1.70. The van der Waals surface area contributed by atoms with Gasteiger partial charge in [0.2, 0.25) is 5.91 Å². The second-order valence-corrected chi connectivity index (χ2v) is 9.79. The molecule has 1 aromatic carbocycles. The highest BCUT2D eigenvalue weighted by atomic mass is 16.5. The Morgan fingerprint density at radius 2 is 2.03 bits per heavy atom. The molecule has 0 bridgehead atoms. The molecule has 2 amide bonds. The molecule has 0 unspecified atom stereocenters. The van der Waals surface area contributed by atoms with E-state index in [4.69, 9.17) is 9.72 Å². The zero-order valence-electron chi connectivity index (χ0n) is 20.5. The van der Waals surface area contributed by atoms with Crippen LogP contribution in [0.2, 0.25) is 0 Å². The highest BCUT2D eigenvalue weighted by molar-refractivity contribution is 5.95. The van der Waals surface area contributed by atoms with Crippen LogP contribution in [0.15, 0.2) is 30.6 Å². The first-order chi connectivity index (χ1) is 17.6. The number of ether oxygens (including phenoxy) is 1. The first kappa shape index (κ1) is 22.7. The fourth-order valence-electron chi connectivity index (χ4n) is 5.27. The summed E-state index contributed by atoms with van der Waals surface area (Å²) in [6.07, 6.45) is 9.68. The Morgan fingerprint density at radius 3 is 2.81 bits per heavy atom. The van der Waals surface area contributed by atoms with Gasteiger partial charge in [-0.25, -0.2) is 14.6 Å². The predicted molar refractivity (Wildman–Crippen MR) is 133 cm³/mol. The number of carbonyl (C=O) groups excluding carboxylic acids is 2. The average molecular weight is 487 g/mol. The Labute approximate surface area is 209 Å². The number of amides is 2. The molecule has 1 saturated carbocycles. The first-order valence-corrected chi connectivity index (χ1v) is 12.8. The predicted octanol–water partition coefficient (Wildman–Crippen LogP) is 3.06. The number of hydrogen-bond donors (Lipinski definition) is 1. The van der Waals surface area contributed by atoms with Crippen molar-refractivity contribution in [2.75, 3.05) is 26.7 Å². The van der Waals surface area contributed by atoms with E-state index >= 15 is 0 Å². The van der Waals surface area contributed by atoms with Crippen LogP contribution in [0.5, 0.6) is 5.75 Å². The zero-order valence-corrected chi connectivity index (χ0v) is 20.5. The summed E-state index contributed by atoms with van der Waals surface area (Å²) < 4.78 is 7.14. The number of likely N-dealkylation sites (tertiary alicyclic amines) is 1. The van der Waals surface area contributed by atoms with E-state index in [2.05, 4.69) is 27.5 Å². The largest absolute Gasteiger partial charge is 0.497 e. The minimum absolute atomic E-state index is 0.133. The van der Waals surface area contributed by atoms with Gasteiger partial charge < -0.3 is 15.0 Å². The third-order valence-electron chi connectivity index (χ3n) is 7.35. The summed E-state index contributed by atoms with van der Waals surface area (Å²) in [5.41, 5.74) is 5.81. The number of methoxy groups -OCH3 is 1. The van der Waals surface area contributed by atoms with Crippen LogP contribution in [-0.2, 0) is 17.6 Å². The molecule has 2 aromatic heterocycles. The van der Waals surface area contributed by atoms with Crippen molar-refractivity contribution in [2.24, 2.45) is 0 Å². The second-order valence-electron chi connectivity index (χ2n) is 9.79. The van der Waals surface area contributed by atoms with E-state index in [1.807, 2.05) is 17.2 Å². The number of benzene rings is 1. The lowest BCUT2D eigenvalue weighted by molar-refractivity contribution is -0.127. The fraction of sp³-hybridized carbons (Fsp3) is 0.444. The molecule has 0 atom stereocenters. The quantitative estimate of drug-likeness (QED) is 0.491. The second kappa shape index (κ2) is 9.37. The van der Waals surface area contributed by atoms with Gasteiger partial charge in [0.15, 0.2) is 0 Å². The minimum Gasteiger partial charge on any atom is -0.497 e. The molecule has 1 aliphatic heterocycles. The maximum absolute atomic E-state index is 13.1. The van der Waals surface area contributed by atoms with Gasteiger partial charge in [0.25, 0.3) is 11.9 Å². The lowest BCUT2D eigenvalue weighted by Gasteiger charge is -2.20. The van der Waals surface area contributed by atoms with E-state index in [9.17, 15) is 9.59 Å². The van der Waals surface area contributed by atoms with Gasteiger partial charge in [-0.15, -0.1) is 0 Å². The van der Waals surface area contributed by atoms with Crippen LogP contribution >= 0.6 is 0 Å². The summed E-state index contributed by atoms with van der Waals surface area (Å²) in [5, 5.41) is 7.58. The van der Waals surface area contributed by atoms with Crippen molar-refractivity contribution >= 4 is 11.8 Å². The smallest absolute Gasteiger partial charge is 0.254 e. The molecule has 3 aromatic rings. The average Bonchev–Trinajstić information content (AvgIpc) is 3.52. The van der Waals surface area contributed by atoms with Crippen LogP contribution in [0.25, 0.3) is 17.2 Å². The molecule has 0 spiro atoms. The molecule has 6 rings (SSSR count). The van der Waals surface area contributed by atoms with Gasteiger partial charge in [-0.05, 0) is 67.9 Å². The summed E-state index contributed by atoms with van der Waals surface area (Å²) in [6.45, 7) is 2.03. The van der Waals surface area contributed by atoms with Crippen molar-refractivity contribution in [3.8, 4) is 23.0 Å². The standard InChI is InChI=1S/C27H30N6O3/c1-36-20-9-10-21-18(14-20)7-8-19-15-29-27(31-24(19)21)33-25(17-5-6-17)22(16-30-33)26(35)28-11-3-13-32-12-2-4-23(32)34/h9-10,14-17H,2-8,11-13H2,1H3,(H,28,35). The van der Waals surface area contributed by atoms with Gasteiger partial charge in [0.05, 0.1) is 30.3 Å². The minimum atomic E-state index is -0.133. The number of fused-ring (bicyclic) bond motifs is 3. The molecule has 9 nitrogen and oxygen atoms in total. The maximum atomic E-state index is 13.1. The van der Waals surface area contributed by atoms with Crippen LogP contribution in [0.4, 0.5) is 0 Å². The van der Waals surface area contributed by atoms with Crippen molar-refractivity contribution < 1.29 is 14.3 Å². The van der Waals surface area contributed by atoms with Crippen molar-refractivity contribution in [1.29, 1.82) is 0 Å². The van der Waals surface area contributed by atoms with Crippen LogP contribution in [-0.4, -0.2) is 63.2 Å². The summed E-state index contributed by atoms with van der Waals surface area (Å²) >= 11 is 0. The molecule has 3 heterocycles. The number of carbonyl (C=O) groups is 2. The number of aryl methyl sites for hydroxylation is 2. The fourth-order valence-corrected chi connectivity index (χ4v) is 5.27. The lowest BCUT2D eigenvalue weighted by atomic mass is 9.90. The summed E-state index contributed by atoms with van der Waals surface area (Å²) in [7, 11) is 1.68. The van der Waals surface area contributed by atoms with E-state index in [1.165, 1.54) is 5.56 Å². The van der Waals surface area contributed by atoms with Crippen LogP contribution < -0.4 is 10.1 Å². The van der Waals surface area contributed by atoms with E-state index in [0.717, 1.165) is 73.3 Å². The van der Waals surface area contributed by atoms with Gasteiger partial charge in [-0.1, -0.05) is 0 Å². The van der Waals surface area contributed by atoms with E-state index in [0.29, 0.717) is 31.0 Å². The zero-order chi connectivity index (χ0) is 24.6. The van der Waals surface area contributed by atoms with Crippen LogP contribution in [0.1, 0.15) is 65.2 Å². The number of hydrogen-bond acceptors (Lipinski definition) is 6. The van der Waals surface area contributed by atoms with Gasteiger partial charge in [-0.3, -0.25) is 9.59 Å². The molecule has 2 aliphatic carbocycles. The molecule has 3 aliphatic rings. The van der Waals surface area contributed by atoms with Crippen LogP contribution in [0, 0.1) is 0 Å². The highest BCUT2D eigenvalue weighted by Gasteiger charge is 2.34. The lowest BCUT2D eigenvalue weighted by Crippen LogP contribution is -2.31. The van der Waals surface area contributed by atoms with Gasteiger partial charge in [0.1, 0.15) is 5.75 Å². The number of nitrogens with zero attached hydrogens (tertiary/aromatic N) is 5. The molecule has 36 heavy (non-hydrogen) atoms. The Morgan fingerprint density at radius 1 is 1.17 bits per heavy atom. The molecule has 1 saturated heterocycles. The molecule has 9 heteroatoms. The Bertz CT molecular complexity index is 1330. The van der Waals surface area contributed by atoms with Gasteiger partial charge in [0, 0.05) is 43.7 Å². The van der Waals surface area contributed by atoms with Gasteiger partial charge in [-0.2, -0.15) is 5.10 Å². The Kier molecular flexibility index (Phi) is 5.91. The topological polar surface area (TPSA) is 102 Å². The van der Waals surface area contributed by atoms with Gasteiger partial charge >= 0.3 is 0 Å². The van der Waals surface area contributed by atoms with Crippen molar-refractivity contribution in [3.63, 3.8) is 0 Å². The molecular weight excluding hydrogens is 456 g/mol. The third-order valence-corrected chi connectivity index (χ3v) is 7.35. The maximum Gasteiger partial charge on any atom is 0.254 e.